The number of methoxy groups -OCH3 is 1. The molecule has 1 amide bonds. The van der Waals surface area contributed by atoms with Crippen molar-refractivity contribution < 1.29 is 19.1 Å². The van der Waals surface area contributed by atoms with Crippen molar-refractivity contribution in [1.82, 2.24) is 9.47 Å². The van der Waals surface area contributed by atoms with E-state index in [0.29, 0.717) is 29.9 Å². The number of carbonyl (C=O) groups excluding carboxylic acids is 3. The number of ether oxygens (including phenoxy) is 1. The molecule has 1 aromatic heterocycles. The van der Waals surface area contributed by atoms with Gasteiger partial charge in [0.1, 0.15) is 5.69 Å². The van der Waals surface area contributed by atoms with Crippen LogP contribution in [0.15, 0.2) is 0 Å². The third kappa shape index (κ3) is 4.25. The number of aromatic nitrogens is 1. The third-order valence-corrected chi connectivity index (χ3v) is 5.43. The second-order valence-corrected chi connectivity index (χ2v) is 7.83. The quantitative estimate of drug-likeness (QED) is 0.515. The molecule has 0 saturated heterocycles. The summed E-state index contributed by atoms with van der Waals surface area (Å²) in [5.41, 5.74) is 2.33. The Morgan fingerprint density at radius 1 is 1.22 bits per heavy atom. The summed E-state index contributed by atoms with van der Waals surface area (Å²) in [4.78, 5) is 39.8. The zero-order valence-corrected chi connectivity index (χ0v) is 17.4. The zero-order chi connectivity index (χ0) is 20.3. The van der Waals surface area contributed by atoms with Gasteiger partial charge in [-0.1, -0.05) is 20.3 Å². The first-order valence-electron chi connectivity index (χ1n) is 9.82. The molecule has 0 bridgehead atoms. The van der Waals surface area contributed by atoms with E-state index < -0.39 is 5.97 Å². The number of rotatable bonds is 8. The number of ketones is 1. The number of Topliss-reactive ketones (excluding diaryl/α,β-unsaturated/α-hetero) is 1. The summed E-state index contributed by atoms with van der Waals surface area (Å²) in [6.45, 7) is 10.8. The maximum atomic E-state index is 13.1. The molecule has 150 valence electrons. The standard InChI is InChI=1S/C21H32N2O4/c1-7-23-15(5)18(14(4)19(23)21(26)27-6)17(24)12-22(11-13(2)3)20(25)16-9-8-10-16/h13,16H,7-12H2,1-6H3. The largest absolute Gasteiger partial charge is 0.464 e. The van der Waals surface area contributed by atoms with E-state index in [4.69, 9.17) is 4.74 Å². The van der Waals surface area contributed by atoms with Gasteiger partial charge in [0.25, 0.3) is 0 Å². The van der Waals surface area contributed by atoms with Gasteiger partial charge < -0.3 is 14.2 Å². The summed E-state index contributed by atoms with van der Waals surface area (Å²) in [6, 6.07) is 0. The van der Waals surface area contributed by atoms with Gasteiger partial charge in [0.15, 0.2) is 5.78 Å². The topological polar surface area (TPSA) is 68.6 Å². The molecule has 0 spiro atoms. The molecule has 6 nitrogen and oxygen atoms in total. The van der Waals surface area contributed by atoms with Crippen LogP contribution >= 0.6 is 0 Å². The molecule has 0 aromatic carbocycles. The Hall–Kier alpha value is -2.11. The van der Waals surface area contributed by atoms with Crippen LogP contribution in [0.5, 0.6) is 0 Å². The summed E-state index contributed by atoms with van der Waals surface area (Å²) >= 11 is 0. The van der Waals surface area contributed by atoms with Crippen molar-refractivity contribution in [2.24, 2.45) is 11.8 Å². The average molecular weight is 376 g/mol. The van der Waals surface area contributed by atoms with Crippen molar-refractivity contribution in [2.75, 3.05) is 20.2 Å². The molecule has 1 aliphatic rings. The van der Waals surface area contributed by atoms with Crippen LogP contribution < -0.4 is 0 Å². The number of carbonyl (C=O) groups is 3. The Morgan fingerprint density at radius 2 is 1.85 bits per heavy atom. The van der Waals surface area contributed by atoms with Gasteiger partial charge in [-0.3, -0.25) is 9.59 Å². The second kappa shape index (κ2) is 8.72. The maximum Gasteiger partial charge on any atom is 0.354 e. The molecule has 1 saturated carbocycles. The van der Waals surface area contributed by atoms with Gasteiger partial charge in [-0.2, -0.15) is 0 Å². The molecule has 1 fully saturated rings. The van der Waals surface area contributed by atoms with E-state index in [9.17, 15) is 14.4 Å². The highest BCUT2D eigenvalue weighted by molar-refractivity contribution is 6.04. The minimum atomic E-state index is -0.443. The van der Waals surface area contributed by atoms with Crippen LogP contribution in [-0.4, -0.2) is 47.3 Å². The molecule has 2 rings (SSSR count). The second-order valence-electron chi connectivity index (χ2n) is 7.83. The van der Waals surface area contributed by atoms with Crippen LogP contribution in [-0.2, 0) is 16.1 Å². The van der Waals surface area contributed by atoms with E-state index in [1.54, 1.807) is 11.8 Å². The highest BCUT2D eigenvalue weighted by atomic mass is 16.5. The summed E-state index contributed by atoms with van der Waals surface area (Å²) in [5, 5.41) is 0. The Kier molecular flexibility index (Phi) is 6.84. The van der Waals surface area contributed by atoms with Gasteiger partial charge >= 0.3 is 5.97 Å². The highest BCUT2D eigenvalue weighted by Gasteiger charge is 2.32. The van der Waals surface area contributed by atoms with Gasteiger partial charge in [-0.15, -0.1) is 0 Å². The molecule has 1 aliphatic carbocycles. The van der Waals surface area contributed by atoms with Gasteiger partial charge in [0.2, 0.25) is 5.91 Å². The minimum Gasteiger partial charge on any atom is -0.464 e. The lowest BCUT2D eigenvalue weighted by Gasteiger charge is -2.32. The number of hydrogen-bond donors (Lipinski definition) is 0. The highest BCUT2D eigenvalue weighted by Crippen LogP contribution is 2.29. The molecule has 1 heterocycles. The number of amides is 1. The van der Waals surface area contributed by atoms with Crippen molar-refractivity contribution in [2.45, 2.75) is 60.4 Å². The zero-order valence-electron chi connectivity index (χ0n) is 17.4. The summed E-state index contributed by atoms with van der Waals surface area (Å²) in [5.74, 6) is -0.127. The molecule has 0 unspecified atom stereocenters. The Labute approximate surface area is 161 Å². The fraction of sp³-hybridized carbons (Fsp3) is 0.667. The summed E-state index contributed by atoms with van der Waals surface area (Å²) in [7, 11) is 1.34. The van der Waals surface area contributed by atoms with E-state index in [1.807, 2.05) is 32.3 Å². The SMILES string of the molecule is CCn1c(C)c(C(=O)CN(CC(C)C)C(=O)C2CCC2)c(C)c1C(=O)OC. The monoisotopic (exact) mass is 376 g/mol. The van der Waals surface area contributed by atoms with Gasteiger partial charge in [0.05, 0.1) is 13.7 Å². The van der Waals surface area contributed by atoms with Crippen molar-refractivity contribution in [3.63, 3.8) is 0 Å². The van der Waals surface area contributed by atoms with Gasteiger partial charge in [-0.05, 0) is 45.1 Å². The number of esters is 1. The lowest BCUT2D eigenvalue weighted by molar-refractivity contribution is -0.138. The first-order valence-corrected chi connectivity index (χ1v) is 9.82. The smallest absolute Gasteiger partial charge is 0.354 e. The van der Waals surface area contributed by atoms with Crippen LogP contribution in [0.25, 0.3) is 0 Å². The molecule has 27 heavy (non-hydrogen) atoms. The molecule has 0 radical (unpaired) electrons. The molecule has 6 heteroatoms. The molecule has 0 atom stereocenters. The summed E-state index contributed by atoms with van der Waals surface area (Å²) < 4.78 is 6.71. The number of nitrogens with zero attached hydrogens (tertiary/aromatic N) is 2. The first-order chi connectivity index (χ1) is 12.7. The number of hydrogen-bond acceptors (Lipinski definition) is 4. The van der Waals surface area contributed by atoms with Crippen molar-refractivity contribution >= 4 is 17.7 Å². The van der Waals surface area contributed by atoms with Crippen LogP contribution in [0.3, 0.4) is 0 Å². The maximum absolute atomic E-state index is 13.1. The Balaban J connectivity index is 2.33. The lowest BCUT2D eigenvalue weighted by atomic mass is 9.84. The molecular weight excluding hydrogens is 344 g/mol. The Morgan fingerprint density at radius 3 is 2.30 bits per heavy atom. The normalized spacial score (nSPS) is 14.2. The predicted octanol–water partition coefficient (Wildman–Crippen LogP) is 3.38. The summed E-state index contributed by atoms with van der Waals surface area (Å²) in [6.07, 6.45) is 2.91. The van der Waals surface area contributed by atoms with Crippen LogP contribution in [0.4, 0.5) is 0 Å². The molecule has 0 N–H and O–H groups in total. The fourth-order valence-corrected chi connectivity index (χ4v) is 3.90. The van der Waals surface area contributed by atoms with Crippen molar-refractivity contribution in [3.8, 4) is 0 Å². The van der Waals surface area contributed by atoms with Crippen LogP contribution in [0.2, 0.25) is 0 Å². The molecule has 0 aliphatic heterocycles. The van der Waals surface area contributed by atoms with E-state index in [1.165, 1.54) is 7.11 Å². The van der Waals surface area contributed by atoms with Gasteiger partial charge in [0, 0.05) is 30.3 Å². The van der Waals surface area contributed by atoms with E-state index in [-0.39, 0.29) is 30.1 Å². The van der Waals surface area contributed by atoms with Crippen molar-refractivity contribution in [1.29, 1.82) is 0 Å². The Bertz CT molecular complexity index is 729. The third-order valence-electron chi connectivity index (χ3n) is 5.43. The molecular formula is C21H32N2O4. The van der Waals surface area contributed by atoms with Crippen LogP contribution in [0.1, 0.15) is 72.1 Å². The van der Waals surface area contributed by atoms with Gasteiger partial charge in [-0.25, -0.2) is 4.79 Å². The van der Waals surface area contributed by atoms with E-state index >= 15 is 0 Å². The predicted molar refractivity (Wildman–Crippen MR) is 104 cm³/mol. The van der Waals surface area contributed by atoms with Crippen molar-refractivity contribution in [3.05, 3.63) is 22.5 Å². The van der Waals surface area contributed by atoms with E-state index in [2.05, 4.69) is 0 Å². The lowest BCUT2D eigenvalue weighted by Crippen LogP contribution is -2.43. The first kappa shape index (κ1) is 21.2. The fourth-order valence-electron chi connectivity index (χ4n) is 3.90. The minimum absolute atomic E-state index is 0.0591. The average Bonchev–Trinajstić information content (AvgIpc) is 2.81. The van der Waals surface area contributed by atoms with E-state index in [0.717, 1.165) is 25.0 Å². The molecule has 1 aromatic rings. The van der Waals surface area contributed by atoms with Crippen LogP contribution in [0, 0.1) is 25.7 Å².